The molecule has 1 aliphatic heterocycles. The van der Waals surface area contributed by atoms with Crippen molar-refractivity contribution in [1.29, 1.82) is 0 Å². The van der Waals surface area contributed by atoms with E-state index >= 15 is 0 Å². The normalized spacial score (nSPS) is 14.8. The smallest absolute Gasteiger partial charge is 0.344 e. The van der Waals surface area contributed by atoms with Crippen molar-refractivity contribution in [3.63, 3.8) is 0 Å². The summed E-state index contributed by atoms with van der Waals surface area (Å²) in [6, 6.07) is 5.33. The average Bonchev–Trinajstić information content (AvgIpc) is 2.38. The second-order valence-electron chi connectivity index (χ2n) is 3.78. The molecule has 104 valence electrons. The van der Waals surface area contributed by atoms with Crippen LogP contribution in [0.4, 0.5) is 5.69 Å². The molecule has 0 aromatic heterocycles. The Morgan fingerprint density at radius 1 is 1.35 bits per heavy atom. The fraction of sp³-hybridized carbons (Fsp3) is 0.0833. The van der Waals surface area contributed by atoms with Crippen LogP contribution in [0.2, 0.25) is 0 Å². The van der Waals surface area contributed by atoms with Gasteiger partial charge in [-0.15, -0.1) is 0 Å². The van der Waals surface area contributed by atoms with Gasteiger partial charge in [0.2, 0.25) is 0 Å². The van der Waals surface area contributed by atoms with Crippen molar-refractivity contribution in [2.45, 2.75) is 0 Å². The highest BCUT2D eigenvalue weighted by Gasteiger charge is 2.17. The molecule has 0 radical (unpaired) electrons. The first kappa shape index (κ1) is 14.1. The molecular weight excluding hydrogens is 332 g/mol. The zero-order valence-electron chi connectivity index (χ0n) is 9.96. The molecule has 3 N–H and O–H groups in total. The summed E-state index contributed by atoms with van der Waals surface area (Å²) in [4.78, 5) is 25.1. The number of aliphatic carboxylic acids is 2. The van der Waals surface area contributed by atoms with Gasteiger partial charge in [-0.3, -0.25) is 0 Å². The molecule has 0 aliphatic carbocycles. The third-order valence-electron chi connectivity index (χ3n) is 2.40. The van der Waals surface area contributed by atoms with E-state index in [9.17, 15) is 9.59 Å². The molecule has 0 spiro atoms. The summed E-state index contributed by atoms with van der Waals surface area (Å²) in [6.07, 6.45) is 0.778. The second kappa shape index (κ2) is 5.74. The lowest BCUT2D eigenvalue weighted by atomic mass is 10.2. The van der Waals surface area contributed by atoms with Gasteiger partial charge in [0.05, 0.1) is 11.9 Å². The van der Waals surface area contributed by atoms with E-state index in [4.69, 9.17) is 14.9 Å². The number of carboxylic acid groups (broad SMARTS) is 2. The Bertz CT molecular complexity index is 623. The highest BCUT2D eigenvalue weighted by atomic mass is 79.9. The number of rotatable bonds is 3. The maximum Gasteiger partial charge on any atom is 0.344 e. The number of nitrogens with zero attached hydrogens (tertiary/aromatic N) is 1. The summed E-state index contributed by atoms with van der Waals surface area (Å²) in [5, 5.41) is 20.3. The van der Waals surface area contributed by atoms with E-state index in [2.05, 4.69) is 26.2 Å². The van der Waals surface area contributed by atoms with Gasteiger partial charge in [-0.1, -0.05) is 15.9 Å². The van der Waals surface area contributed by atoms with E-state index < -0.39 is 17.5 Å². The number of benzene rings is 1. The molecule has 7 nitrogen and oxygen atoms in total. The van der Waals surface area contributed by atoms with Gasteiger partial charge in [-0.25, -0.2) is 14.6 Å². The zero-order valence-corrected chi connectivity index (χ0v) is 11.5. The van der Waals surface area contributed by atoms with Crippen molar-refractivity contribution >= 4 is 39.4 Å². The Morgan fingerprint density at radius 3 is 2.70 bits per heavy atom. The minimum atomic E-state index is -1.55. The van der Waals surface area contributed by atoms with E-state index in [0.29, 0.717) is 17.3 Å². The molecule has 2 rings (SSSR count). The molecule has 20 heavy (non-hydrogen) atoms. The van der Waals surface area contributed by atoms with Gasteiger partial charge in [0, 0.05) is 4.47 Å². The molecule has 0 fully saturated rings. The second-order valence-corrected chi connectivity index (χ2v) is 4.70. The van der Waals surface area contributed by atoms with Crippen LogP contribution < -0.4 is 10.1 Å². The Kier molecular flexibility index (Phi) is 4.04. The lowest BCUT2D eigenvalue weighted by Gasteiger charge is -2.20. The van der Waals surface area contributed by atoms with Crippen LogP contribution in [0, 0.1) is 0 Å². The number of hydrogen-bond donors (Lipinski definition) is 3. The largest absolute Gasteiger partial charge is 0.483 e. The fourth-order valence-corrected chi connectivity index (χ4v) is 1.81. The highest BCUT2D eigenvalue weighted by molar-refractivity contribution is 9.10. The van der Waals surface area contributed by atoms with Gasteiger partial charge in [0.1, 0.15) is 18.2 Å². The molecule has 0 atom stereocenters. The SMILES string of the molecule is O=C(O)C(=CN=C1COc2cc(Br)ccc2N1)C(=O)O. The Hall–Kier alpha value is -2.35. The molecule has 0 saturated carbocycles. The number of halogens is 1. The third kappa shape index (κ3) is 3.15. The number of ether oxygens (including phenoxy) is 1. The van der Waals surface area contributed by atoms with Crippen molar-refractivity contribution in [1.82, 2.24) is 0 Å². The van der Waals surface area contributed by atoms with E-state index in [0.717, 1.165) is 10.7 Å². The number of carboxylic acids is 2. The summed E-state index contributed by atoms with van der Waals surface area (Å²) < 4.78 is 6.28. The van der Waals surface area contributed by atoms with Crippen molar-refractivity contribution in [3.8, 4) is 5.75 Å². The predicted octanol–water partition coefficient (Wildman–Crippen LogP) is 1.71. The zero-order chi connectivity index (χ0) is 14.7. The summed E-state index contributed by atoms with van der Waals surface area (Å²) in [7, 11) is 0. The number of fused-ring (bicyclic) bond motifs is 1. The molecule has 1 aromatic rings. The maximum atomic E-state index is 10.7. The lowest BCUT2D eigenvalue weighted by molar-refractivity contribution is -0.140. The van der Waals surface area contributed by atoms with Crippen LogP contribution in [0.15, 0.2) is 39.4 Å². The van der Waals surface area contributed by atoms with E-state index in [1.807, 2.05) is 0 Å². The maximum absolute atomic E-state index is 10.7. The molecule has 1 heterocycles. The molecule has 1 aromatic carbocycles. The van der Waals surface area contributed by atoms with Crippen LogP contribution in [0.5, 0.6) is 5.75 Å². The van der Waals surface area contributed by atoms with E-state index in [1.54, 1.807) is 18.2 Å². The van der Waals surface area contributed by atoms with Crippen molar-refractivity contribution < 1.29 is 24.5 Å². The van der Waals surface area contributed by atoms with Crippen molar-refractivity contribution in [3.05, 3.63) is 34.4 Å². The van der Waals surface area contributed by atoms with E-state index in [1.165, 1.54) is 0 Å². The Labute approximate surface area is 121 Å². The molecule has 0 saturated heterocycles. The number of carbonyl (C=O) groups is 2. The molecule has 0 bridgehead atoms. The highest BCUT2D eigenvalue weighted by Crippen LogP contribution is 2.30. The monoisotopic (exact) mass is 340 g/mol. The van der Waals surface area contributed by atoms with Crippen LogP contribution in [0.25, 0.3) is 0 Å². The van der Waals surface area contributed by atoms with Crippen LogP contribution in [-0.4, -0.2) is 34.6 Å². The predicted molar refractivity (Wildman–Crippen MR) is 74.0 cm³/mol. The number of amidine groups is 1. The van der Waals surface area contributed by atoms with Gasteiger partial charge >= 0.3 is 11.9 Å². The van der Waals surface area contributed by atoms with Gasteiger partial charge in [0.15, 0.2) is 5.57 Å². The molecule has 1 aliphatic rings. The number of nitrogens with one attached hydrogen (secondary N) is 1. The van der Waals surface area contributed by atoms with Gasteiger partial charge < -0.3 is 20.3 Å². The summed E-state index contributed by atoms with van der Waals surface area (Å²) >= 11 is 3.31. The standard InChI is InChI=1S/C12H9BrN2O5/c13-6-1-2-8-9(3-6)20-5-10(15-8)14-4-7(11(16)17)12(18)19/h1-4H,5H2,(H,14,15)(H,16,17)(H,18,19). The van der Waals surface area contributed by atoms with E-state index in [-0.39, 0.29) is 6.61 Å². The number of hydrogen-bond acceptors (Lipinski definition) is 4. The third-order valence-corrected chi connectivity index (χ3v) is 2.89. The minimum absolute atomic E-state index is 0.0898. The fourth-order valence-electron chi connectivity index (χ4n) is 1.47. The summed E-state index contributed by atoms with van der Waals surface area (Å²) in [6.45, 7) is 0.0898. The Morgan fingerprint density at radius 2 is 2.05 bits per heavy atom. The number of anilines is 1. The molecule has 8 heteroatoms. The summed E-state index contributed by atoms with van der Waals surface area (Å²) in [5.74, 6) is -2.16. The summed E-state index contributed by atoms with van der Waals surface area (Å²) in [5.41, 5.74) is -0.153. The van der Waals surface area contributed by atoms with Crippen LogP contribution in [0.3, 0.4) is 0 Å². The first-order valence-corrected chi connectivity index (χ1v) is 6.19. The Balaban J connectivity index is 2.22. The quantitative estimate of drug-likeness (QED) is 0.439. The molecule has 0 unspecified atom stereocenters. The number of aliphatic imine (C=N–C) groups is 1. The van der Waals surface area contributed by atoms with Gasteiger partial charge in [-0.05, 0) is 18.2 Å². The molecule has 0 amide bonds. The van der Waals surface area contributed by atoms with Gasteiger partial charge in [-0.2, -0.15) is 0 Å². The molecular formula is C12H9BrN2O5. The van der Waals surface area contributed by atoms with Crippen LogP contribution in [-0.2, 0) is 9.59 Å². The average molecular weight is 341 g/mol. The van der Waals surface area contributed by atoms with Crippen molar-refractivity contribution in [2.75, 3.05) is 11.9 Å². The lowest BCUT2D eigenvalue weighted by Crippen LogP contribution is -2.25. The van der Waals surface area contributed by atoms with Crippen molar-refractivity contribution in [2.24, 2.45) is 4.99 Å². The van der Waals surface area contributed by atoms with Crippen LogP contribution in [0.1, 0.15) is 0 Å². The van der Waals surface area contributed by atoms with Gasteiger partial charge in [0.25, 0.3) is 0 Å². The first-order chi connectivity index (χ1) is 9.47. The van der Waals surface area contributed by atoms with Crippen LogP contribution >= 0.6 is 15.9 Å². The first-order valence-electron chi connectivity index (χ1n) is 5.40. The minimum Gasteiger partial charge on any atom is -0.483 e. The topological polar surface area (TPSA) is 108 Å².